The largest absolute Gasteiger partial charge is 0.466 e. The number of rotatable bonds is 5. The highest BCUT2D eigenvalue weighted by atomic mass is 16.7. The molecule has 0 spiro atoms. The van der Waals surface area contributed by atoms with Crippen molar-refractivity contribution in [2.24, 2.45) is 5.16 Å². The third-order valence-corrected chi connectivity index (χ3v) is 5.88. The van der Waals surface area contributed by atoms with E-state index < -0.39 is 11.6 Å². The van der Waals surface area contributed by atoms with Gasteiger partial charge in [0.2, 0.25) is 5.60 Å². The van der Waals surface area contributed by atoms with E-state index in [9.17, 15) is 9.59 Å². The lowest BCUT2D eigenvalue weighted by molar-refractivity contribution is -0.165. The number of hydrogen-bond donors (Lipinski definition) is 0. The van der Waals surface area contributed by atoms with Crippen molar-refractivity contribution in [1.29, 1.82) is 0 Å². The highest BCUT2D eigenvalue weighted by Gasteiger charge is 2.31. The molecule has 0 aliphatic heterocycles. The van der Waals surface area contributed by atoms with Gasteiger partial charge in [0.15, 0.2) is 0 Å². The minimum Gasteiger partial charge on any atom is -0.466 e. The molecule has 1 atom stereocenters. The van der Waals surface area contributed by atoms with Crippen LogP contribution >= 0.6 is 0 Å². The first-order valence-corrected chi connectivity index (χ1v) is 11.4. The van der Waals surface area contributed by atoms with E-state index in [4.69, 9.17) is 14.3 Å². The average molecular weight is 432 g/mol. The van der Waals surface area contributed by atoms with Crippen LogP contribution in [0.4, 0.5) is 0 Å². The fourth-order valence-corrected chi connectivity index (χ4v) is 3.93. The van der Waals surface area contributed by atoms with Gasteiger partial charge in [0.1, 0.15) is 0 Å². The molecule has 1 aromatic rings. The van der Waals surface area contributed by atoms with Crippen LogP contribution in [0, 0.1) is 0 Å². The van der Waals surface area contributed by atoms with Gasteiger partial charge >= 0.3 is 11.9 Å². The summed E-state index contributed by atoms with van der Waals surface area (Å²) in [4.78, 5) is 29.4. The molecule has 0 N–H and O–H groups in total. The van der Waals surface area contributed by atoms with E-state index in [1.165, 1.54) is 51.9 Å². The van der Waals surface area contributed by atoms with Crippen molar-refractivity contribution in [2.75, 3.05) is 14.2 Å². The number of carbonyl (C=O) groups is 2. The van der Waals surface area contributed by atoms with E-state index in [2.05, 4.69) is 5.16 Å². The monoisotopic (exact) mass is 431 g/mol. The summed E-state index contributed by atoms with van der Waals surface area (Å²) in [6, 6.07) is 7.68. The lowest BCUT2D eigenvalue weighted by atomic mass is 9.86. The minimum absolute atomic E-state index is 0.287. The fourth-order valence-electron chi connectivity index (χ4n) is 3.93. The van der Waals surface area contributed by atoms with Crippen LogP contribution in [0.1, 0.15) is 99.9 Å². The van der Waals surface area contributed by atoms with Gasteiger partial charge in [0.25, 0.3) is 0 Å². The predicted octanol–water partition coefficient (Wildman–Crippen LogP) is 5.80. The Hall–Kier alpha value is -2.37. The summed E-state index contributed by atoms with van der Waals surface area (Å²) >= 11 is 0. The molecule has 0 radical (unpaired) electrons. The second kappa shape index (κ2) is 12.5. The zero-order chi connectivity index (χ0) is 22.7. The van der Waals surface area contributed by atoms with E-state index in [0.29, 0.717) is 5.56 Å². The van der Waals surface area contributed by atoms with Gasteiger partial charge in [-0.25, -0.2) is 9.59 Å². The molecule has 0 amide bonds. The third-order valence-electron chi connectivity index (χ3n) is 5.88. The Bertz CT molecular complexity index is 739. The number of hydrogen-bond acceptors (Lipinski definition) is 6. The molecular formula is C25H37NO5. The molecule has 1 aliphatic carbocycles. The van der Waals surface area contributed by atoms with Crippen LogP contribution in [0.15, 0.2) is 29.4 Å². The predicted molar refractivity (Wildman–Crippen MR) is 121 cm³/mol. The van der Waals surface area contributed by atoms with Crippen molar-refractivity contribution in [1.82, 2.24) is 0 Å². The first-order chi connectivity index (χ1) is 14.9. The molecule has 0 aromatic heterocycles. The molecule has 6 heteroatoms. The first-order valence-electron chi connectivity index (χ1n) is 11.4. The number of methoxy groups -OCH3 is 2. The van der Waals surface area contributed by atoms with Gasteiger partial charge in [-0.3, -0.25) is 0 Å². The van der Waals surface area contributed by atoms with Gasteiger partial charge in [-0.2, -0.15) is 0 Å². The standard InChI is InChI=1S/C25H37NO5/c1-25(2,24(28)30-4)31-26-22-13-11-9-7-5-6-8-10-12-21(18-22)19-14-16-20(17-15-19)23(27)29-3/h14-17,21H,5-13,18H2,1-4H3. The topological polar surface area (TPSA) is 74.2 Å². The maximum absolute atomic E-state index is 12.0. The Labute approximate surface area is 186 Å². The molecule has 1 unspecified atom stereocenters. The van der Waals surface area contributed by atoms with Crippen LogP contribution in [-0.4, -0.2) is 37.5 Å². The summed E-state index contributed by atoms with van der Waals surface area (Å²) in [6.07, 6.45) is 11.1. The third kappa shape index (κ3) is 8.00. The molecule has 0 heterocycles. The van der Waals surface area contributed by atoms with Crippen LogP contribution in [0.2, 0.25) is 0 Å². The lowest BCUT2D eigenvalue weighted by Gasteiger charge is -2.22. The van der Waals surface area contributed by atoms with Gasteiger partial charge < -0.3 is 14.3 Å². The molecule has 1 saturated carbocycles. The van der Waals surface area contributed by atoms with E-state index in [1.54, 1.807) is 13.8 Å². The molecule has 31 heavy (non-hydrogen) atoms. The lowest BCUT2D eigenvalue weighted by Crippen LogP contribution is -2.34. The van der Waals surface area contributed by atoms with Crippen molar-refractivity contribution in [3.63, 3.8) is 0 Å². The fraction of sp³-hybridized carbons (Fsp3) is 0.640. The van der Waals surface area contributed by atoms with Crippen LogP contribution in [0.3, 0.4) is 0 Å². The summed E-state index contributed by atoms with van der Waals surface area (Å²) in [6.45, 7) is 3.34. The number of carbonyl (C=O) groups excluding carboxylic acids is 2. The summed E-state index contributed by atoms with van der Waals surface area (Å²) in [5, 5.41) is 4.43. The van der Waals surface area contributed by atoms with E-state index in [-0.39, 0.29) is 11.9 Å². The second-order valence-corrected chi connectivity index (χ2v) is 8.78. The molecule has 6 nitrogen and oxygen atoms in total. The quantitative estimate of drug-likeness (QED) is 0.435. The Morgan fingerprint density at radius 3 is 2.13 bits per heavy atom. The number of benzene rings is 1. The second-order valence-electron chi connectivity index (χ2n) is 8.78. The van der Waals surface area contributed by atoms with Crippen molar-refractivity contribution in [2.45, 2.75) is 89.6 Å². The molecule has 0 saturated heterocycles. The number of nitrogens with zero attached hydrogens (tertiary/aromatic N) is 1. The smallest absolute Gasteiger partial charge is 0.352 e. The molecule has 1 fully saturated rings. The van der Waals surface area contributed by atoms with Gasteiger partial charge in [0, 0.05) is 0 Å². The minimum atomic E-state index is -1.12. The Morgan fingerprint density at radius 1 is 0.903 bits per heavy atom. The Kier molecular flexibility index (Phi) is 10.0. The SMILES string of the molecule is COC(=O)c1ccc(C2CCCCCCCCCC(=NOC(C)(C)C(=O)OC)C2)cc1. The van der Waals surface area contributed by atoms with Crippen molar-refractivity contribution < 1.29 is 23.9 Å². The zero-order valence-electron chi connectivity index (χ0n) is 19.4. The maximum Gasteiger partial charge on any atom is 0.352 e. The van der Waals surface area contributed by atoms with Gasteiger partial charge in [-0.1, -0.05) is 55.8 Å². The highest BCUT2D eigenvalue weighted by molar-refractivity contribution is 5.89. The first kappa shape index (κ1) is 24.9. The van der Waals surface area contributed by atoms with Crippen LogP contribution < -0.4 is 0 Å². The van der Waals surface area contributed by atoms with Gasteiger partial charge in [0.05, 0.1) is 25.5 Å². The van der Waals surface area contributed by atoms with Crippen LogP contribution in [-0.2, 0) is 19.1 Å². The van der Waals surface area contributed by atoms with E-state index >= 15 is 0 Å². The van der Waals surface area contributed by atoms with Crippen molar-refractivity contribution >= 4 is 17.7 Å². The molecule has 0 bridgehead atoms. The number of ether oxygens (including phenoxy) is 2. The molecular weight excluding hydrogens is 394 g/mol. The maximum atomic E-state index is 12.0. The Balaban J connectivity index is 2.22. The van der Waals surface area contributed by atoms with Crippen LogP contribution in [0.5, 0.6) is 0 Å². The van der Waals surface area contributed by atoms with Crippen molar-refractivity contribution in [3.05, 3.63) is 35.4 Å². The summed E-state index contributed by atoms with van der Waals surface area (Å²) in [7, 11) is 2.74. The molecule has 1 aromatic carbocycles. The zero-order valence-corrected chi connectivity index (χ0v) is 19.4. The Morgan fingerprint density at radius 2 is 1.52 bits per heavy atom. The number of oxime groups is 1. The number of esters is 2. The summed E-state index contributed by atoms with van der Waals surface area (Å²) < 4.78 is 9.64. The van der Waals surface area contributed by atoms with Gasteiger partial charge in [-0.15, -0.1) is 0 Å². The molecule has 172 valence electrons. The average Bonchev–Trinajstić information content (AvgIpc) is 2.77. The van der Waals surface area contributed by atoms with E-state index in [1.807, 2.05) is 24.3 Å². The van der Waals surface area contributed by atoms with Gasteiger partial charge in [-0.05, 0) is 63.1 Å². The van der Waals surface area contributed by atoms with Crippen molar-refractivity contribution in [3.8, 4) is 0 Å². The van der Waals surface area contributed by atoms with Crippen LogP contribution in [0.25, 0.3) is 0 Å². The summed E-state index contributed by atoms with van der Waals surface area (Å²) in [5.74, 6) is -0.486. The highest BCUT2D eigenvalue weighted by Crippen LogP contribution is 2.29. The van der Waals surface area contributed by atoms with E-state index in [0.717, 1.165) is 37.8 Å². The summed E-state index contributed by atoms with van der Waals surface area (Å²) in [5.41, 5.74) is 1.59. The normalized spacial score (nSPS) is 20.3. The molecule has 2 rings (SSSR count). The molecule has 1 aliphatic rings.